The van der Waals surface area contributed by atoms with Gasteiger partial charge in [0.05, 0.1) is 6.07 Å². The van der Waals surface area contributed by atoms with Gasteiger partial charge in [0, 0.05) is 17.2 Å². The van der Waals surface area contributed by atoms with Crippen molar-refractivity contribution in [2.45, 2.75) is 12.8 Å². The van der Waals surface area contributed by atoms with Gasteiger partial charge in [-0.3, -0.25) is 9.89 Å². The van der Waals surface area contributed by atoms with Crippen molar-refractivity contribution < 1.29 is 9.53 Å². The lowest BCUT2D eigenvalue weighted by atomic mass is 9.78. The molecule has 1 amide bonds. The van der Waals surface area contributed by atoms with Gasteiger partial charge in [-0.1, -0.05) is 30.3 Å². The molecule has 0 saturated heterocycles. The number of para-hydroxylation sites is 1. The Hall–Kier alpha value is -3.59. The van der Waals surface area contributed by atoms with E-state index >= 15 is 0 Å². The summed E-state index contributed by atoms with van der Waals surface area (Å²) in [5.74, 6) is 0.291. The summed E-state index contributed by atoms with van der Waals surface area (Å²) in [4.78, 5) is 12.3. The first-order valence-corrected chi connectivity index (χ1v) is 8.25. The quantitative estimate of drug-likeness (QED) is 0.757. The summed E-state index contributed by atoms with van der Waals surface area (Å²) in [5.41, 5.74) is 2.51. The van der Waals surface area contributed by atoms with E-state index < -0.39 is 11.8 Å². The molecule has 0 bridgehead atoms. The van der Waals surface area contributed by atoms with Crippen LogP contribution in [0.5, 0.6) is 11.5 Å². The first kappa shape index (κ1) is 15.9. The van der Waals surface area contributed by atoms with Crippen molar-refractivity contribution in [2.24, 2.45) is 5.92 Å². The molecule has 0 spiro atoms. The molecule has 3 aromatic rings. The Morgan fingerprint density at radius 1 is 1.12 bits per heavy atom. The number of aromatic amines is 1. The average Bonchev–Trinajstić information content (AvgIpc) is 3.02. The SMILES string of the molecule is Cc1[nH]nc2c1[C@@H](c1cccc(Oc3ccccc3)c1)[C@H](C#N)C(=O)N2. The molecule has 2 N–H and O–H groups in total. The number of hydrogen-bond donors (Lipinski definition) is 2. The summed E-state index contributed by atoms with van der Waals surface area (Å²) in [6.45, 7) is 1.88. The molecule has 2 aromatic carbocycles. The number of carbonyl (C=O) groups excluding carboxylic acids is 1. The molecule has 26 heavy (non-hydrogen) atoms. The minimum absolute atomic E-state index is 0.342. The highest BCUT2D eigenvalue weighted by Crippen LogP contribution is 2.42. The van der Waals surface area contributed by atoms with Crippen molar-refractivity contribution >= 4 is 11.7 Å². The number of carbonyl (C=O) groups is 1. The highest BCUT2D eigenvalue weighted by molar-refractivity contribution is 5.98. The van der Waals surface area contributed by atoms with E-state index in [4.69, 9.17) is 4.74 Å². The van der Waals surface area contributed by atoms with Crippen LogP contribution in [0.2, 0.25) is 0 Å². The fraction of sp³-hybridized carbons (Fsp3) is 0.150. The smallest absolute Gasteiger partial charge is 0.243 e. The highest BCUT2D eigenvalue weighted by atomic mass is 16.5. The highest BCUT2D eigenvalue weighted by Gasteiger charge is 2.39. The fourth-order valence-corrected chi connectivity index (χ4v) is 3.31. The molecule has 4 rings (SSSR count). The average molecular weight is 344 g/mol. The summed E-state index contributed by atoms with van der Waals surface area (Å²) < 4.78 is 5.90. The molecule has 2 heterocycles. The molecule has 2 atom stereocenters. The van der Waals surface area contributed by atoms with E-state index in [1.807, 2.05) is 61.5 Å². The standard InChI is InChI=1S/C20H16N4O2/c1-12-17-18(16(11-21)20(25)22-19(17)24-23-12)13-6-5-9-15(10-13)26-14-7-3-2-4-8-14/h2-10,16,18H,1H3,(H2,22,23,24,25)/t16-,18-/m0/s1. The minimum atomic E-state index is -0.828. The molecule has 0 aliphatic carbocycles. The normalized spacial score (nSPS) is 18.5. The van der Waals surface area contributed by atoms with Crippen molar-refractivity contribution in [3.8, 4) is 17.6 Å². The number of nitrogens with one attached hydrogen (secondary N) is 2. The van der Waals surface area contributed by atoms with Gasteiger partial charge >= 0.3 is 0 Å². The monoisotopic (exact) mass is 344 g/mol. The number of ether oxygens (including phenoxy) is 1. The first-order chi connectivity index (χ1) is 12.7. The van der Waals surface area contributed by atoms with E-state index in [1.54, 1.807) is 0 Å². The van der Waals surface area contributed by atoms with E-state index in [0.717, 1.165) is 22.6 Å². The fourth-order valence-electron chi connectivity index (χ4n) is 3.31. The number of H-pyrrole nitrogens is 1. The minimum Gasteiger partial charge on any atom is -0.457 e. The van der Waals surface area contributed by atoms with Crippen LogP contribution >= 0.6 is 0 Å². The van der Waals surface area contributed by atoms with Crippen LogP contribution in [-0.2, 0) is 4.79 Å². The predicted octanol–water partition coefficient (Wildman–Crippen LogP) is 3.73. The van der Waals surface area contributed by atoms with Gasteiger partial charge in [0.15, 0.2) is 5.82 Å². The Bertz CT molecular complexity index is 1000. The van der Waals surface area contributed by atoms with Gasteiger partial charge in [0.25, 0.3) is 0 Å². The third-order valence-corrected chi connectivity index (χ3v) is 4.50. The molecule has 6 heteroatoms. The number of aryl methyl sites for hydroxylation is 1. The Balaban J connectivity index is 1.76. The van der Waals surface area contributed by atoms with Gasteiger partial charge in [0.2, 0.25) is 5.91 Å². The third-order valence-electron chi connectivity index (χ3n) is 4.50. The molecule has 1 aromatic heterocycles. The number of rotatable bonds is 3. The van der Waals surface area contributed by atoms with Crippen LogP contribution in [0.25, 0.3) is 0 Å². The van der Waals surface area contributed by atoms with Crippen molar-refractivity contribution in [2.75, 3.05) is 5.32 Å². The summed E-state index contributed by atoms with van der Waals surface area (Å²) >= 11 is 0. The largest absolute Gasteiger partial charge is 0.457 e. The molecule has 0 saturated carbocycles. The number of hydrogen-bond acceptors (Lipinski definition) is 4. The van der Waals surface area contributed by atoms with E-state index in [2.05, 4.69) is 21.6 Å². The van der Waals surface area contributed by atoms with Crippen molar-refractivity contribution in [3.05, 3.63) is 71.4 Å². The second kappa shape index (κ2) is 6.37. The molecule has 1 aliphatic heterocycles. The zero-order valence-electron chi connectivity index (χ0n) is 14.1. The molecule has 128 valence electrons. The Morgan fingerprint density at radius 3 is 2.65 bits per heavy atom. The van der Waals surface area contributed by atoms with Crippen LogP contribution in [0.3, 0.4) is 0 Å². The molecule has 6 nitrogen and oxygen atoms in total. The topological polar surface area (TPSA) is 90.8 Å². The van der Waals surface area contributed by atoms with Gasteiger partial charge in [-0.25, -0.2) is 0 Å². The second-order valence-electron chi connectivity index (χ2n) is 6.17. The first-order valence-electron chi connectivity index (χ1n) is 8.25. The summed E-state index contributed by atoms with van der Waals surface area (Å²) in [5, 5.41) is 19.3. The van der Waals surface area contributed by atoms with Crippen molar-refractivity contribution in [1.29, 1.82) is 5.26 Å². The second-order valence-corrected chi connectivity index (χ2v) is 6.17. The predicted molar refractivity (Wildman–Crippen MR) is 95.9 cm³/mol. The maximum atomic E-state index is 12.3. The van der Waals surface area contributed by atoms with Crippen LogP contribution in [0.15, 0.2) is 54.6 Å². The van der Waals surface area contributed by atoms with Crippen molar-refractivity contribution in [1.82, 2.24) is 10.2 Å². The maximum Gasteiger partial charge on any atom is 0.243 e. The van der Waals surface area contributed by atoms with Gasteiger partial charge in [0.1, 0.15) is 17.4 Å². The molecule has 0 fully saturated rings. The van der Waals surface area contributed by atoms with Crippen LogP contribution in [0, 0.1) is 24.2 Å². The Kier molecular flexibility index (Phi) is 3.90. The number of amides is 1. The lowest BCUT2D eigenvalue weighted by Gasteiger charge is -2.27. The molecular weight excluding hydrogens is 328 g/mol. The van der Waals surface area contributed by atoms with Gasteiger partial charge in [-0.15, -0.1) is 0 Å². The number of nitriles is 1. The molecule has 0 unspecified atom stereocenters. The number of benzene rings is 2. The Labute approximate surface area is 150 Å². The summed E-state index contributed by atoms with van der Waals surface area (Å²) in [7, 11) is 0. The van der Waals surface area contributed by atoms with Crippen LogP contribution in [-0.4, -0.2) is 16.1 Å². The maximum absolute atomic E-state index is 12.3. The van der Waals surface area contributed by atoms with Gasteiger partial charge in [-0.2, -0.15) is 10.4 Å². The number of aromatic nitrogens is 2. The van der Waals surface area contributed by atoms with E-state index in [0.29, 0.717) is 11.6 Å². The number of anilines is 1. The zero-order chi connectivity index (χ0) is 18.1. The zero-order valence-corrected chi connectivity index (χ0v) is 14.1. The van der Waals surface area contributed by atoms with E-state index in [1.165, 1.54) is 0 Å². The van der Waals surface area contributed by atoms with Crippen molar-refractivity contribution in [3.63, 3.8) is 0 Å². The number of nitrogens with zero attached hydrogens (tertiary/aromatic N) is 2. The Morgan fingerprint density at radius 2 is 1.88 bits per heavy atom. The molecule has 1 aliphatic rings. The lowest BCUT2D eigenvalue weighted by Crippen LogP contribution is -2.33. The molecule has 0 radical (unpaired) electrons. The van der Waals surface area contributed by atoms with Gasteiger partial charge < -0.3 is 10.1 Å². The summed E-state index contributed by atoms with van der Waals surface area (Å²) in [6, 6.07) is 19.1. The van der Waals surface area contributed by atoms with Crippen LogP contribution in [0.1, 0.15) is 22.7 Å². The third kappa shape index (κ3) is 2.70. The lowest BCUT2D eigenvalue weighted by molar-refractivity contribution is -0.119. The number of fused-ring (bicyclic) bond motifs is 1. The van der Waals surface area contributed by atoms with Crippen LogP contribution in [0.4, 0.5) is 5.82 Å². The van der Waals surface area contributed by atoms with Gasteiger partial charge in [-0.05, 0) is 36.8 Å². The van der Waals surface area contributed by atoms with Crippen LogP contribution < -0.4 is 10.1 Å². The van der Waals surface area contributed by atoms with E-state index in [-0.39, 0.29) is 5.91 Å². The van der Waals surface area contributed by atoms with E-state index in [9.17, 15) is 10.1 Å². The molecular formula is C20H16N4O2. The summed E-state index contributed by atoms with van der Waals surface area (Å²) in [6.07, 6.45) is 0.